The van der Waals surface area contributed by atoms with Gasteiger partial charge in [-0.2, -0.15) is 0 Å². The van der Waals surface area contributed by atoms with Gasteiger partial charge in [-0.05, 0) is 31.0 Å². The van der Waals surface area contributed by atoms with E-state index in [1.807, 2.05) is 36.4 Å². The maximum absolute atomic E-state index is 11.9. The molecule has 2 aliphatic rings. The lowest BCUT2D eigenvalue weighted by atomic mass is 10.0. The summed E-state index contributed by atoms with van der Waals surface area (Å²) in [5.41, 5.74) is 2.96. The van der Waals surface area contributed by atoms with Crippen LogP contribution in [0.15, 0.2) is 48.5 Å². The smallest absolute Gasteiger partial charge is 0.339 e. The number of nitro groups is 1. The van der Waals surface area contributed by atoms with E-state index in [4.69, 9.17) is 4.74 Å². The third kappa shape index (κ3) is 4.63. The van der Waals surface area contributed by atoms with E-state index in [9.17, 15) is 14.9 Å². The molecule has 0 N–H and O–H groups in total. The van der Waals surface area contributed by atoms with Gasteiger partial charge in [0.25, 0.3) is 5.69 Å². The summed E-state index contributed by atoms with van der Waals surface area (Å²) < 4.78 is 5.52. The number of cyclic esters (lactones) is 1. The van der Waals surface area contributed by atoms with Crippen LogP contribution in [0.4, 0.5) is 5.69 Å². The van der Waals surface area contributed by atoms with Gasteiger partial charge in [0.05, 0.1) is 10.5 Å². The van der Waals surface area contributed by atoms with E-state index in [0.29, 0.717) is 5.56 Å². The number of carbonyl (C=O) groups excluding carboxylic acids is 1. The number of nitrogens with zero attached hydrogens (tertiary/aromatic N) is 3. The Morgan fingerprint density at radius 2 is 1.69 bits per heavy atom. The van der Waals surface area contributed by atoms with E-state index >= 15 is 0 Å². The second kappa shape index (κ2) is 8.71. The zero-order chi connectivity index (χ0) is 20.2. The van der Waals surface area contributed by atoms with E-state index in [2.05, 4.69) is 9.80 Å². The maximum Gasteiger partial charge on any atom is 0.339 e. The monoisotopic (exact) mass is 395 g/mol. The summed E-state index contributed by atoms with van der Waals surface area (Å²) in [7, 11) is 0. The largest absolute Gasteiger partial charge is 0.454 e. The zero-order valence-corrected chi connectivity index (χ0v) is 16.3. The summed E-state index contributed by atoms with van der Waals surface area (Å²) in [4.78, 5) is 27.1. The standard InChI is InChI=1S/C22H25N3O4/c26-22-20-5-2-1-4-19(20)21(29-22)6-3-11-23-12-14-24(15-13-23)16-17-7-9-18(10-8-17)25(27)28/h1-2,4-5,7-10,21H,3,6,11-16H2. The summed E-state index contributed by atoms with van der Waals surface area (Å²) in [5, 5.41) is 10.8. The van der Waals surface area contributed by atoms with Crippen LogP contribution in [-0.4, -0.2) is 53.4 Å². The van der Waals surface area contributed by atoms with Crippen LogP contribution >= 0.6 is 0 Å². The minimum absolute atomic E-state index is 0.109. The fourth-order valence-electron chi connectivity index (χ4n) is 4.09. The van der Waals surface area contributed by atoms with E-state index in [1.54, 1.807) is 12.1 Å². The summed E-state index contributed by atoms with van der Waals surface area (Å²) in [6, 6.07) is 14.5. The van der Waals surface area contributed by atoms with Crippen LogP contribution in [0.3, 0.4) is 0 Å². The average molecular weight is 395 g/mol. The number of hydrogen-bond acceptors (Lipinski definition) is 6. The number of rotatable bonds is 7. The van der Waals surface area contributed by atoms with Crippen molar-refractivity contribution in [1.29, 1.82) is 0 Å². The Labute approximate surface area is 170 Å². The Hall–Kier alpha value is -2.77. The lowest BCUT2D eigenvalue weighted by Gasteiger charge is -2.34. The summed E-state index contributed by atoms with van der Waals surface area (Å²) in [6.45, 7) is 5.81. The number of hydrogen-bond donors (Lipinski definition) is 0. The number of esters is 1. The van der Waals surface area contributed by atoms with E-state index in [-0.39, 0.29) is 22.7 Å². The Balaban J connectivity index is 1.19. The fourth-order valence-corrected chi connectivity index (χ4v) is 4.09. The van der Waals surface area contributed by atoms with E-state index in [0.717, 1.165) is 63.2 Å². The highest BCUT2D eigenvalue weighted by molar-refractivity contribution is 5.93. The SMILES string of the molecule is O=C1OC(CCCN2CCN(Cc3ccc([N+](=O)[O-])cc3)CC2)c2ccccc21. The van der Waals surface area contributed by atoms with Crippen molar-refractivity contribution in [2.24, 2.45) is 0 Å². The lowest BCUT2D eigenvalue weighted by molar-refractivity contribution is -0.384. The highest BCUT2D eigenvalue weighted by atomic mass is 16.6. The van der Waals surface area contributed by atoms with Crippen LogP contribution in [0.25, 0.3) is 0 Å². The molecule has 0 bridgehead atoms. The number of benzene rings is 2. The summed E-state index contributed by atoms with van der Waals surface area (Å²) >= 11 is 0. The second-order valence-electron chi connectivity index (χ2n) is 7.66. The van der Waals surface area contributed by atoms with Crippen molar-refractivity contribution in [2.45, 2.75) is 25.5 Å². The number of piperazine rings is 1. The summed E-state index contributed by atoms with van der Waals surface area (Å²) in [5.74, 6) is -0.203. The van der Waals surface area contributed by atoms with E-state index in [1.165, 1.54) is 0 Å². The number of fused-ring (bicyclic) bond motifs is 1. The van der Waals surface area contributed by atoms with Gasteiger partial charge in [0.15, 0.2) is 0 Å². The Morgan fingerprint density at radius 1 is 1.00 bits per heavy atom. The van der Waals surface area contributed by atoms with Crippen LogP contribution in [0.5, 0.6) is 0 Å². The topological polar surface area (TPSA) is 75.9 Å². The predicted octanol–water partition coefficient (Wildman–Crippen LogP) is 3.40. The zero-order valence-electron chi connectivity index (χ0n) is 16.3. The highest BCUT2D eigenvalue weighted by Crippen LogP contribution is 2.33. The van der Waals surface area contributed by atoms with Crippen molar-refractivity contribution in [3.05, 3.63) is 75.3 Å². The van der Waals surface area contributed by atoms with Crippen molar-refractivity contribution in [3.8, 4) is 0 Å². The van der Waals surface area contributed by atoms with Crippen molar-refractivity contribution in [1.82, 2.24) is 9.80 Å². The van der Waals surface area contributed by atoms with E-state index < -0.39 is 0 Å². The normalized spacial score (nSPS) is 19.7. The van der Waals surface area contributed by atoms with Crippen molar-refractivity contribution in [3.63, 3.8) is 0 Å². The molecule has 1 saturated heterocycles. The molecule has 29 heavy (non-hydrogen) atoms. The van der Waals surface area contributed by atoms with Crippen molar-refractivity contribution >= 4 is 11.7 Å². The first kappa shape index (κ1) is 19.5. The first-order valence-electron chi connectivity index (χ1n) is 10.1. The molecule has 1 fully saturated rings. The van der Waals surface area contributed by atoms with Crippen molar-refractivity contribution in [2.75, 3.05) is 32.7 Å². The van der Waals surface area contributed by atoms with Gasteiger partial charge in [-0.25, -0.2) is 4.79 Å². The van der Waals surface area contributed by atoms with Gasteiger partial charge in [-0.1, -0.05) is 30.3 Å². The third-order valence-electron chi connectivity index (χ3n) is 5.74. The molecule has 1 atom stereocenters. The summed E-state index contributed by atoms with van der Waals surface area (Å²) in [6.07, 6.45) is 1.74. The van der Waals surface area contributed by atoms with Gasteiger partial charge < -0.3 is 9.64 Å². The van der Waals surface area contributed by atoms with Crippen LogP contribution in [0.1, 0.15) is 40.4 Å². The molecule has 0 saturated carbocycles. The predicted molar refractivity (Wildman–Crippen MR) is 109 cm³/mol. The first-order valence-corrected chi connectivity index (χ1v) is 10.1. The van der Waals surface area contributed by atoms with Gasteiger partial charge >= 0.3 is 5.97 Å². The molecule has 2 aliphatic heterocycles. The van der Waals surface area contributed by atoms with Crippen LogP contribution < -0.4 is 0 Å². The molecular formula is C22H25N3O4. The van der Waals surface area contributed by atoms with Gasteiger partial charge in [0.2, 0.25) is 0 Å². The molecule has 0 aliphatic carbocycles. The molecular weight excluding hydrogens is 370 g/mol. The number of carbonyl (C=O) groups is 1. The third-order valence-corrected chi connectivity index (χ3v) is 5.74. The average Bonchev–Trinajstić information content (AvgIpc) is 3.06. The number of nitro benzene ring substituents is 1. The number of non-ortho nitro benzene ring substituents is 1. The Morgan fingerprint density at radius 3 is 2.41 bits per heavy atom. The Kier molecular flexibility index (Phi) is 5.87. The van der Waals surface area contributed by atoms with Crippen molar-refractivity contribution < 1.29 is 14.5 Å². The highest BCUT2D eigenvalue weighted by Gasteiger charge is 2.30. The maximum atomic E-state index is 11.9. The molecule has 2 heterocycles. The molecule has 0 amide bonds. The van der Waals surface area contributed by atoms with Gasteiger partial charge in [0.1, 0.15) is 6.10 Å². The second-order valence-corrected chi connectivity index (χ2v) is 7.66. The van der Waals surface area contributed by atoms with Crippen LogP contribution in [0.2, 0.25) is 0 Å². The minimum Gasteiger partial charge on any atom is -0.454 e. The van der Waals surface area contributed by atoms with Crippen LogP contribution in [0, 0.1) is 10.1 Å². The Bertz CT molecular complexity index is 876. The molecule has 7 nitrogen and oxygen atoms in total. The molecule has 0 spiro atoms. The molecule has 7 heteroatoms. The van der Waals surface area contributed by atoms with Gasteiger partial charge in [-0.3, -0.25) is 15.0 Å². The quantitative estimate of drug-likeness (QED) is 0.406. The number of ether oxygens (including phenoxy) is 1. The molecule has 0 aromatic heterocycles. The molecule has 2 aromatic rings. The lowest BCUT2D eigenvalue weighted by Crippen LogP contribution is -2.46. The molecule has 1 unspecified atom stereocenters. The molecule has 4 rings (SSSR count). The molecule has 0 radical (unpaired) electrons. The fraction of sp³-hybridized carbons (Fsp3) is 0.409. The first-order chi connectivity index (χ1) is 14.1. The van der Waals surface area contributed by atoms with Gasteiger partial charge in [0, 0.05) is 50.4 Å². The minimum atomic E-state index is -0.367. The molecule has 152 valence electrons. The van der Waals surface area contributed by atoms with Gasteiger partial charge in [-0.15, -0.1) is 0 Å². The molecule has 2 aromatic carbocycles. The van der Waals surface area contributed by atoms with Crippen LogP contribution in [-0.2, 0) is 11.3 Å².